The Morgan fingerprint density at radius 1 is 0.886 bits per heavy atom. The van der Waals surface area contributed by atoms with Crippen LogP contribution in [0.3, 0.4) is 0 Å². The Morgan fingerprint density at radius 3 is 2.14 bits per heavy atom. The first-order chi connectivity index (χ1) is 21.3. The van der Waals surface area contributed by atoms with E-state index in [2.05, 4.69) is 96.1 Å². The summed E-state index contributed by atoms with van der Waals surface area (Å²) >= 11 is 1.31. The molecule has 1 N–H and O–H groups in total. The van der Waals surface area contributed by atoms with E-state index in [1.165, 1.54) is 17.3 Å². The average Bonchev–Trinajstić information content (AvgIpc) is 3.47. The fraction of sp³-hybridized carbons (Fsp3) is 0.167. The Bertz CT molecular complexity index is 1920. The van der Waals surface area contributed by atoms with E-state index in [-0.39, 0.29) is 17.1 Å². The minimum Gasteiger partial charge on any atom is -0.497 e. The summed E-state index contributed by atoms with van der Waals surface area (Å²) in [5.41, 5.74) is 6.75. The predicted molar refractivity (Wildman–Crippen MR) is 180 cm³/mol. The normalized spacial score (nSPS) is 11.8. The Balaban J connectivity index is 1.24. The number of aromatic nitrogens is 3. The van der Waals surface area contributed by atoms with Crippen molar-refractivity contribution in [3.63, 3.8) is 0 Å². The van der Waals surface area contributed by atoms with E-state index < -0.39 is 0 Å². The van der Waals surface area contributed by atoms with Crippen LogP contribution < -0.4 is 10.2 Å². The largest absolute Gasteiger partial charge is 0.497 e. The Morgan fingerprint density at radius 2 is 1.52 bits per heavy atom. The van der Waals surface area contributed by atoms with Crippen LogP contribution in [0.4, 0.5) is 0 Å². The van der Waals surface area contributed by atoms with Gasteiger partial charge in [-0.2, -0.15) is 5.10 Å². The lowest BCUT2D eigenvalue weighted by atomic mass is 9.87. The molecule has 220 valence electrons. The highest BCUT2D eigenvalue weighted by molar-refractivity contribution is 7.99. The smallest absolute Gasteiger partial charge is 0.250 e. The van der Waals surface area contributed by atoms with Crippen LogP contribution in [0.5, 0.6) is 5.75 Å². The van der Waals surface area contributed by atoms with Crippen LogP contribution >= 0.6 is 11.8 Å². The van der Waals surface area contributed by atoms with E-state index in [0.717, 1.165) is 44.1 Å². The molecule has 8 heteroatoms. The number of amides is 1. The number of nitrogens with zero attached hydrogens (tertiary/aromatic N) is 4. The lowest BCUT2D eigenvalue weighted by Gasteiger charge is -2.19. The van der Waals surface area contributed by atoms with E-state index >= 15 is 0 Å². The molecule has 44 heavy (non-hydrogen) atoms. The molecule has 0 spiro atoms. The molecule has 0 aliphatic heterocycles. The molecule has 0 bridgehead atoms. The van der Waals surface area contributed by atoms with Crippen molar-refractivity contribution in [2.75, 3.05) is 12.9 Å². The maximum Gasteiger partial charge on any atom is 0.250 e. The zero-order chi connectivity index (χ0) is 30.7. The summed E-state index contributed by atoms with van der Waals surface area (Å²) in [5.74, 6) is 1.32. The van der Waals surface area contributed by atoms with Crippen LogP contribution in [0.2, 0.25) is 0 Å². The van der Waals surface area contributed by atoms with Gasteiger partial charge < -0.3 is 4.74 Å². The van der Waals surface area contributed by atoms with Crippen molar-refractivity contribution in [1.82, 2.24) is 20.2 Å². The molecule has 1 amide bonds. The van der Waals surface area contributed by atoms with Crippen LogP contribution in [0.25, 0.3) is 38.6 Å². The number of methoxy groups -OCH3 is 1. The topological polar surface area (TPSA) is 81.4 Å². The minimum absolute atomic E-state index is 0.0414. The fourth-order valence-electron chi connectivity index (χ4n) is 5.15. The quantitative estimate of drug-likeness (QED) is 0.0836. The summed E-state index contributed by atoms with van der Waals surface area (Å²) in [7, 11) is 1.64. The maximum atomic E-state index is 13.0. The van der Waals surface area contributed by atoms with E-state index in [0.29, 0.717) is 11.0 Å². The number of hydrogen-bond acceptors (Lipinski definition) is 6. The number of thioether (sulfide) groups is 1. The highest BCUT2D eigenvalue weighted by Crippen LogP contribution is 2.31. The lowest BCUT2D eigenvalue weighted by molar-refractivity contribution is -0.118. The van der Waals surface area contributed by atoms with E-state index in [9.17, 15) is 4.79 Å². The molecule has 0 aliphatic carbocycles. The number of carbonyl (C=O) groups is 1. The molecule has 0 aliphatic rings. The van der Waals surface area contributed by atoms with Crippen molar-refractivity contribution < 1.29 is 9.53 Å². The number of nitrogens with one attached hydrogen (secondary N) is 1. The standard InChI is InChI=1S/C36H33N5O2S/c1-36(2,3)27-15-13-24(14-16-27)34-39-40-35(41(34)28-17-19-29(43-4)20-18-28)44-23-33(42)38-37-22-32-30-11-7-5-9-25(30)21-26-10-6-8-12-31(26)32/h5-22H,23H2,1-4H3,(H,38,42)/b37-22+. The van der Waals surface area contributed by atoms with Gasteiger partial charge in [-0.3, -0.25) is 9.36 Å². The summed E-state index contributed by atoms with van der Waals surface area (Å²) < 4.78 is 7.33. The van der Waals surface area contributed by atoms with Gasteiger partial charge in [0.25, 0.3) is 5.91 Å². The van der Waals surface area contributed by atoms with Crippen molar-refractivity contribution in [3.8, 4) is 22.8 Å². The third kappa shape index (κ3) is 6.07. The highest BCUT2D eigenvalue weighted by atomic mass is 32.2. The zero-order valence-corrected chi connectivity index (χ0v) is 25.9. The summed E-state index contributed by atoms with van der Waals surface area (Å²) in [6.07, 6.45) is 1.73. The van der Waals surface area contributed by atoms with Gasteiger partial charge in [0.15, 0.2) is 11.0 Å². The third-order valence-electron chi connectivity index (χ3n) is 7.50. The average molecular weight is 600 g/mol. The maximum absolute atomic E-state index is 13.0. The van der Waals surface area contributed by atoms with Crippen LogP contribution in [0.15, 0.2) is 113 Å². The molecule has 6 rings (SSSR count). The van der Waals surface area contributed by atoms with Gasteiger partial charge >= 0.3 is 0 Å². The molecule has 0 atom stereocenters. The first kappa shape index (κ1) is 29.1. The molecule has 0 saturated heterocycles. The number of carbonyl (C=O) groups excluding carboxylic acids is 1. The second-order valence-corrected chi connectivity index (χ2v) is 12.4. The minimum atomic E-state index is -0.240. The molecule has 1 heterocycles. The second-order valence-electron chi connectivity index (χ2n) is 11.5. The Hall–Kier alpha value is -4.95. The molecule has 0 fully saturated rings. The van der Waals surface area contributed by atoms with Gasteiger partial charge in [0.1, 0.15) is 5.75 Å². The van der Waals surface area contributed by atoms with Gasteiger partial charge in [-0.1, -0.05) is 105 Å². The van der Waals surface area contributed by atoms with Crippen molar-refractivity contribution >= 4 is 45.4 Å². The summed E-state index contributed by atoms with van der Waals surface area (Å²) in [6, 6.07) is 34.6. The molecule has 5 aromatic carbocycles. The summed E-state index contributed by atoms with van der Waals surface area (Å²) in [5, 5.41) is 18.4. The van der Waals surface area contributed by atoms with E-state index in [1.54, 1.807) is 13.3 Å². The number of rotatable bonds is 8. The van der Waals surface area contributed by atoms with Crippen molar-refractivity contribution in [1.29, 1.82) is 0 Å². The number of fused-ring (bicyclic) bond motifs is 2. The van der Waals surface area contributed by atoms with Gasteiger partial charge in [0.05, 0.1) is 19.1 Å². The van der Waals surface area contributed by atoms with E-state index in [1.807, 2.05) is 53.1 Å². The van der Waals surface area contributed by atoms with Gasteiger partial charge in [-0.05, 0) is 62.9 Å². The molecule has 0 unspecified atom stereocenters. The predicted octanol–water partition coefficient (Wildman–Crippen LogP) is 7.79. The first-order valence-electron chi connectivity index (χ1n) is 14.4. The molecule has 7 nitrogen and oxygen atoms in total. The van der Waals surface area contributed by atoms with Gasteiger partial charge in [0.2, 0.25) is 0 Å². The number of ether oxygens (including phenoxy) is 1. The molecular weight excluding hydrogens is 566 g/mol. The number of benzene rings is 5. The lowest BCUT2D eigenvalue weighted by Crippen LogP contribution is -2.20. The monoisotopic (exact) mass is 599 g/mol. The SMILES string of the molecule is COc1ccc(-n2c(SCC(=O)N/N=C/c3c4ccccc4cc4ccccc34)nnc2-c2ccc(C(C)(C)C)cc2)cc1. The Kier molecular flexibility index (Phi) is 8.17. The van der Waals surface area contributed by atoms with Crippen LogP contribution in [-0.2, 0) is 10.2 Å². The zero-order valence-electron chi connectivity index (χ0n) is 25.1. The summed E-state index contributed by atoms with van der Waals surface area (Å²) in [6.45, 7) is 6.57. The van der Waals surface area contributed by atoms with Crippen LogP contribution in [0, 0.1) is 0 Å². The molecule has 6 aromatic rings. The summed E-state index contributed by atoms with van der Waals surface area (Å²) in [4.78, 5) is 13.0. The molecule has 0 saturated carbocycles. The molecule has 1 aromatic heterocycles. The van der Waals surface area contributed by atoms with Gasteiger partial charge in [-0.25, -0.2) is 5.43 Å². The Labute approximate surface area is 261 Å². The van der Waals surface area contributed by atoms with Crippen LogP contribution in [0.1, 0.15) is 31.9 Å². The third-order valence-corrected chi connectivity index (χ3v) is 8.43. The van der Waals surface area contributed by atoms with Crippen molar-refractivity contribution in [2.24, 2.45) is 5.10 Å². The highest BCUT2D eigenvalue weighted by Gasteiger charge is 2.19. The van der Waals surface area contributed by atoms with Crippen molar-refractivity contribution in [3.05, 3.63) is 114 Å². The van der Waals surface area contributed by atoms with Gasteiger partial charge in [0, 0.05) is 16.8 Å². The first-order valence-corrected chi connectivity index (χ1v) is 15.4. The number of hydrazone groups is 1. The fourth-order valence-corrected chi connectivity index (χ4v) is 5.90. The second kappa shape index (κ2) is 12.3. The number of hydrogen-bond donors (Lipinski definition) is 1. The van der Waals surface area contributed by atoms with Gasteiger partial charge in [-0.15, -0.1) is 10.2 Å². The molecular formula is C36H33N5O2S. The van der Waals surface area contributed by atoms with E-state index in [4.69, 9.17) is 4.74 Å². The van der Waals surface area contributed by atoms with Crippen LogP contribution in [-0.4, -0.2) is 39.7 Å². The van der Waals surface area contributed by atoms with Crippen molar-refractivity contribution in [2.45, 2.75) is 31.3 Å². The molecule has 0 radical (unpaired) electrons.